The molecule has 0 saturated carbocycles. The molecule has 0 N–H and O–H groups in total. The fourth-order valence-electron chi connectivity index (χ4n) is 0.670. The average Bonchev–Trinajstić information content (AvgIpc) is 1.59. The highest BCUT2D eigenvalue weighted by atomic mass is 35.6. The average molecular weight is 181 g/mol. The maximum Gasteiger partial charge on any atom is 0.274 e. The third kappa shape index (κ3) is 6.58. The molecule has 0 aliphatic rings. The summed E-state index contributed by atoms with van der Waals surface area (Å²) in [7, 11) is -1.35. The summed E-state index contributed by atoms with van der Waals surface area (Å²) >= 11 is 5.98. The van der Waals surface area contributed by atoms with Crippen LogP contribution in [0.3, 0.4) is 0 Å². The van der Waals surface area contributed by atoms with Crippen LogP contribution >= 0.6 is 11.1 Å². The molecule has 1 unspecified atom stereocenters. The van der Waals surface area contributed by atoms with Crippen molar-refractivity contribution in [1.82, 2.24) is 0 Å². The van der Waals surface area contributed by atoms with E-state index in [9.17, 15) is 0 Å². The van der Waals surface area contributed by atoms with Crippen LogP contribution in [0.2, 0.25) is 6.04 Å². The van der Waals surface area contributed by atoms with Gasteiger partial charge in [0.15, 0.2) is 0 Å². The fraction of sp³-hybridized carbons (Fsp3) is 1.00. The van der Waals surface area contributed by atoms with Gasteiger partial charge in [-0.2, -0.15) is 0 Å². The van der Waals surface area contributed by atoms with Crippen molar-refractivity contribution in [3.8, 4) is 0 Å². The lowest BCUT2D eigenvalue weighted by molar-refractivity contribution is 0.134. The molecular formula is C7H17ClOSi. The summed E-state index contributed by atoms with van der Waals surface area (Å²) in [6.07, 6.45) is 1.14. The Hall–Kier alpha value is 0.467. The van der Waals surface area contributed by atoms with Crippen molar-refractivity contribution in [2.24, 2.45) is 0 Å². The van der Waals surface area contributed by atoms with Gasteiger partial charge < -0.3 is 4.43 Å². The van der Waals surface area contributed by atoms with Gasteiger partial charge in [-0.05, 0) is 26.8 Å². The van der Waals surface area contributed by atoms with Gasteiger partial charge in [-0.1, -0.05) is 13.3 Å². The van der Waals surface area contributed by atoms with E-state index in [1.807, 2.05) is 20.8 Å². The molecule has 0 radical (unpaired) electrons. The van der Waals surface area contributed by atoms with Crippen molar-refractivity contribution in [2.75, 3.05) is 0 Å². The maximum atomic E-state index is 5.98. The molecule has 0 bridgehead atoms. The monoisotopic (exact) mass is 180 g/mol. The van der Waals surface area contributed by atoms with Gasteiger partial charge in [0, 0.05) is 5.60 Å². The Morgan fingerprint density at radius 2 is 1.90 bits per heavy atom. The lowest BCUT2D eigenvalue weighted by atomic mass is 10.2. The van der Waals surface area contributed by atoms with Gasteiger partial charge in [0.1, 0.15) is 0 Å². The zero-order chi connectivity index (χ0) is 8.20. The van der Waals surface area contributed by atoms with Crippen LogP contribution in [-0.2, 0) is 4.43 Å². The van der Waals surface area contributed by atoms with Crippen molar-refractivity contribution in [3.63, 3.8) is 0 Å². The summed E-state index contributed by atoms with van der Waals surface area (Å²) in [4.78, 5) is 0. The number of hydrogen-bond donors (Lipinski definition) is 0. The summed E-state index contributed by atoms with van der Waals surface area (Å²) in [6.45, 7) is 8.27. The molecular weight excluding hydrogens is 164 g/mol. The number of rotatable bonds is 3. The summed E-state index contributed by atoms with van der Waals surface area (Å²) in [5.41, 5.74) is -0.0478. The normalized spacial score (nSPS) is 15.3. The Balaban J connectivity index is 3.47. The van der Waals surface area contributed by atoms with Gasteiger partial charge in [-0.15, -0.1) is 11.1 Å². The maximum absolute atomic E-state index is 5.98. The van der Waals surface area contributed by atoms with E-state index in [2.05, 4.69) is 6.92 Å². The standard InChI is InChI=1S/C7H17ClOSi/c1-5-6-10(8)9-7(2,3)4/h10H,5-6H2,1-4H3. The first-order chi connectivity index (χ1) is 4.45. The third-order valence-corrected chi connectivity index (χ3v) is 3.91. The van der Waals surface area contributed by atoms with E-state index < -0.39 is 8.35 Å². The minimum atomic E-state index is -1.35. The Kier molecular flexibility index (Phi) is 4.57. The van der Waals surface area contributed by atoms with E-state index in [4.69, 9.17) is 15.5 Å². The van der Waals surface area contributed by atoms with Gasteiger partial charge in [-0.3, -0.25) is 0 Å². The van der Waals surface area contributed by atoms with Gasteiger partial charge in [-0.25, -0.2) is 0 Å². The van der Waals surface area contributed by atoms with Crippen LogP contribution in [0.1, 0.15) is 34.1 Å². The Bertz CT molecular complexity index is 90.1. The molecule has 0 aliphatic carbocycles. The molecule has 1 atom stereocenters. The summed E-state index contributed by atoms with van der Waals surface area (Å²) in [6, 6.07) is 1.07. The van der Waals surface area contributed by atoms with Crippen LogP contribution in [0.25, 0.3) is 0 Å². The zero-order valence-electron chi connectivity index (χ0n) is 7.28. The molecule has 0 aromatic heterocycles. The second kappa shape index (κ2) is 4.37. The highest BCUT2D eigenvalue weighted by Crippen LogP contribution is 2.14. The van der Waals surface area contributed by atoms with E-state index in [0.717, 1.165) is 12.5 Å². The molecule has 0 heterocycles. The van der Waals surface area contributed by atoms with Crippen LogP contribution in [0.5, 0.6) is 0 Å². The highest BCUT2D eigenvalue weighted by Gasteiger charge is 2.16. The second-order valence-corrected chi connectivity index (χ2v) is 6.52. The highest BCUT2D eigenvalue weighted by molar-refractivity contribution is 7.03. The number of hydrogen-bond acceptors (Lipinski definition) is 1. The van der Waals surface area contributed by atoms with Crippen molar-refractivity contribution in [1.29, 1.82) is 0 Å². The zero-order valence-corrected chi connectivity index (χ0v) is 9.19. The predicted octanol–water partition coefficient (Wildman–Crippen LogP) is 2.67. The molecule has 0 aliphatic heterocycles. The summed E-state index contributed by atoms with van der Waals surface area (Å²) in [5, 5.41) is 0. The van der Waals surface area contributed by atoms with Crippen LogP contribution in [-0.4, -0.2) is 14.0 Å². The molecule has 0 fully saturated rings. The smallest absolute Gasteiger partial charge is 0.274 e. The third-order valence-electron chi connectivity index (χ3n) is 0.997. The van der Waals surface area contributed by atoms with Crippen molar-refractivity contribution in [2.45, 2.75) is 45.8 Å². The quantitative estimate of drug-likeness (QED) is 0.480. The molecule has 62 valence electrons. The number of halogens is 1. The second-order valence-electron chi connectivity index (χ2n) is 3.43. The van der Waals surface area contributed by atoms with E-state index in [1.54, 1.807) is 0 Å². The largest absolute Gasteiger partial charge is 0.401 e. The lowest BCUT2D eigenvalue weighted by Crippen LogP contribution is -2.26. The van der Waals surface area contributed by atoms with Crippen molar-refractivity contribution in [3.05, 3.63) is 0 Å². The molecule has 0 aromatic carbocycles. The minimum Gasteiger partial charge on any atom is -0.401 e. The Labute approximate surface area is 70.2 Å². The van der Waals surface area contributed by atoms with Crippen molar-refractivity contribution >= 4 is 19.4 Å². The van der Waals surface area contributed by atoms with E-state index in [1.165, 1.54) is 0 Å². The Morgan fingerprint density at radius 3 is 2.20 bits per heavy atom. The predicted molar refractivity (Wildman–Crippen MR) is 48.9 cm³/mol. The van der Waals surface area contributed by atoms with Crippen molar-refractivity contribution < 1.29 is 4.43 Å². The van der Waals surface area contributed by atoms with Gasteiger partial charge in [0.05, 0.1) is 0 Å². The van der Waals surface area contributed by atoms with Gasteiger partial charge in [0.25, 0.3) is 8.35 Å². The van der Waals surface area contributed by atoms with Crippen LogP contribution < -0.4 is 0 Å². The molecule has 0 aromatic rings. The van der Waals surface area contributed by atoms with Crippen LogP contribution in [0, 0.1) is 0 Å². The first kappa shape index (κ1) is 10.5. The van der Waals surface area contributed by atoms with Crippen LogP contribution in [0.4, 0.5) is 0 Å². The lowest BCUT2D eigenvalue weighted by Gasteiger charge is -2.22. The Morgan fingerprint density at radius 1 is 1.40 bits per heavy atom. The SMILES string of the molecule is CCC[SiH](Cl)OC(C)(C)C. The fourth-order valence-corrected chi connectivity index (χ4v) is 3.46. The molecule has 0 rings (SSSR count). The van der Waals surface area contributed by atoms with E-state index >= 15 is 0 Å². The van der Waals surface area contributed by atoms with Gasteiger partial charge >= 0.3 is 0 Å². The summed E-state index contributed by atoms with van der Waals surface area (Å²) < 4.78 is 5.58. The first-order valence-electron chi connectivity index (χ1n) is 3.77. The first-order valence-corrected chi connectivity index (χ1v) is 6.81. The molecule has 0 saturated heterocycles. The van der Waals surface area contributed by atoms with E-state index in [-0.39, 0.29) is 5.60 Å². The molecule has 3 heteroatoms. The molecule has 0 amide bonds. The van der Waals surface area contributed by atoms with E-state index in [0.29, 0.717) is 0 Å². The molecule has 0 spiro atoms. The topological polar surface area (TPSA) is 9.23 Å². The minimum absolute atomic E-state index is 0.0478. The van der Waals surface area contributed by atoms with Gasteiger partial charge in [0.2, 0.25) is 0 Å². The summed E-state index contributed by atoms with van der Waals surface area (Å²) in [5.74, 6) is 0. The van der Waals surface area contributed by atoms with Crippen LogP contribution in [0.15, 0.2) is 0 Å². The molecule has 10 heavy (non-hydrogen) atoms. The molecule has 1 nitrogen and oxygen atoms in total.